The lowest BCUT2D eigenvalue weighted by Gasteiger charge is -2.30. The molecule has 0 aromatic carbocycles. The predicted octanol–water partition coefficient (Wildman–Crippen LogP) is 1.25. The quantitative estimate of drug-likeness (QED) is 0.865. The fourth-order valence-electron chi connectivity index (χ4n) is 2.21. The molecule has 0 aliphatic carbocycles. The van der Waals surface area contributed by atoms with Crippen LogP contribution >= 0.6 is 0 Å². The lowest BCUT2D eigenvalue weighted by atomic mass is 10.1. The first kappa shape index (κ1) is 13.7. The molecule has 19 heavy (non-hydrogen) atoms. The van der Waals surface area contributed by atoms with Crippen molar-refractivity contribution in [3.8, 4) is 0 Å². The average Bonchev–Trinajstić information content (AvgIpc) is 2.41. The molecule has 0 saturated carbocycles. The SMILES string of the molecule is CCNc1nccc(C(=O)N2CCCC(O)C2)c1F. The maximum atomic E-state index is 14.1. The number of aliphatic hydroxyl groups excluding tert-OH is 1. The zero-order valence-electron chi connectivity index (χ0n) is 10.9. The largest absolute Gasteiger partial charge is 0.391 e. The summed E-state index contributed by atoms with van der Waals surface area (Å²) >= 11 is 0. The number of hydrogen-bond acceptors (Lipinski definition) is 4. The van der Waals surface area contributed by atoms with Crippen molar-refractivity contribution in [2.75, 3.05) is 25.0 Å². The molecule has 2 heterocycles. The smallest absolute Gasteiger partial charge is 0.257 e. The van der Waals surface area contributed by atoms with E-state index in [1.807, 2.05) is 6.92 Å². The minimum Gasteiger partial charge on any atom is -0.391 e. The van der Waals surface area contributed by atoms with Crippen molar-refractivity contribution in [2.45, 2.75) is 25.9 Å². The second-order valence-corrected chi connectivity index (χ2v) is 4.60. The number of pyridine rings is 1. The van der Waals surface area contributed by atoms with Crippen LogP contribution in [0.5, 0.6) is 0 Å². The van der Waals surface area contributed by atoms with E-state index < -0.39 is 17.8 Å². The number of aromatic nitrogens is 1. The molecule has 0 spiro atoms. The Bertz CT molecular complexity index is 467. The molecular weight excluding hydrogens is 249 g/mol. The first-order valence-electron chi connectivity index (χ1n) is 6.49. The Kier molecular flexibility index (Phi) is 4.31. The van der Waals surface area contributed by atoms with Gasteiger partial charge in [-0.1, -0.05) is 0 Å². The summed E-state index contributed by atoms with van der Waals surface area (Å²) in [7, 11) is 0. The minimum absolute atomic E-state index is 0.0000463. The van der Waals surface area contributed by atoms with Crippen molar-refractivity contribution in [3.63, 3.8) is 0 Å². The van der Waals surface area contributed by atoms with Gasteiger partial charge in [0, 0.05) is 25.8 Å². The van der Waals surface area contributed by atoms with Crippen LogP contribution in [0.15, 0.2) is 12.3 Å². The van der Waals surface area contributed by atoms with Crippen molar-refractivity contribution in [3.05, 3.63) is 23.6 Å². The van der Waals surface area contributed by atoms with E-state index >= 15 is 0 Å². The van der Waals surface area contributed by atoms with E-state index in [0.29, 0.717) is 19.5 Å². The summed E-state index contributed by atoms with van der Waals surface area (Å²) in [4.78, 5) is 17.6. The van der Waals surface area contributed by atoms with Crippen LogP contribution in [0.1, 0.15) is 30.1 Å². The second-order valence-electron chi connectivity index (χ2n) is 4.60. The highest BCUT2D eigenvalue weighted by molar-refractivity contribution is 5.95. The number of anilines is 1. The van der Waals surface area contributed by atoms with Crippen molar-refractivity contribution >= 4 is 11.7 Å². The maximum absolute atomic E-state index is 14.1. The first-order chi connectivity index (χ1) is 9.13. The van der Waals surface area contributed by atoms with Crippen molar-refractivity contribution in [1.29, 1.82) is 0 Å². The number of rotatable bonds is 3. The summed E-state index contributed by atoms with van der Waals surface area (Å²) in [5.41, 5.74) is 0.0000463. The van der Waals surface area contributed by atoms with Crippen LogP contribution in [0, 0.1) is 5.82 Å². The molecule has 1 fully saturated rings. The highest BCUT2D eigenvalue weighted by atomic mass is 19.1. The molecule has 1 aliphatic heterocycles. The molecule has 6 heteroatoms. The Morgan fingerprint density at radius 2 is 2.47 bits per heavy atom. The predicted molar refractivity (Wildman–Crippen MR) is 69.5 cm³/mol. The minimum atomic E-state index is -0.630. The third-order valence-electron chi connectivity index (χ3n) is 3.15. The molecule has 2 rings (SSSR count). The van der Waals surface area contributed by atoms with E-state index in [0.717, 1.165) is 6.42 Å². The molecule has 1 saturated heterocycles. The van der Waals surface area contributed by atoms with Crippen molar-refractivity contribution < 1.29 is 14.3 Å². The van der Waals surface area contributed by atoms with Gasteiger partial charge in [-0.25, -0.2) is 9.37 Å². The van der Waals surface area contributed by atoms with Crippen LogP contribution in [-0.4, -0.2) is 46.6 Å². The van der Waals surface area contributed by atoms with Gasteiger partial charge in [0.1, 0.15) is 0 Å². The van der Waals surface area contributed by atoms with E-state index in [4.69, 9.17) is 0 Å². The molecular formula is C13H18FN3O2. The molecule has 1 unspecified atom stereocenters. The van der Waals surface area contributed by atoms with Gasteiger partial charge in [-0.05, 0) is 25.8 Å². The highest BCUT2D eigenvalue weighted by Gasteiger charge is 2.26. The van der Waals surface area contributed by atoms with Crippen LogP contribution in [0.4, 0.5) is 10.2 Å². The molecule has 5 nitrogen and oxygen atoms in total. The standard InChI is InChI=1S/C13H18FN3O2/c1-2-15-12-11(14)10(5-6-16-12)13(19)17-7-3-4-9(18)8-17/h5-6,9,18H,2-4,7-8H2,1H3,(H,15,16). The van der Waals surface area contributed by atoms with Gasteiger partial charge in [-0.3, -0.25) is 4.79 Å². The molecule has 1 aromatic rings. The van der Waals surface area contributed by atoms with E-state index in [-0.39, 0.29) is 17.9 Å². The molecule has 1 amide bonds. The Morgan fingerprint density at radius 1 is 1.68 bits per heavy atom. The second kappa shape index (κ2) is 5.97. The Balaban J connectivity index is 2.21. The van der Waals surface area contributed by atoms with Gasteiger partial charge in [0.2, 0.25) is 0 Å². The molecule has 0 bridgehead atoms. The van der Waals surface area contributed by atoms with Crippen LogP contribution < -0.4 is 5.32 Å². The van der Waals surface area contributed by atoms with Gasteiger partial charge in [-0.2, -0.15) is 0 Å². The fourth-order valence-corrected chi connectivity index (χ4v) is 2.21. The van der Waals surface area contributed by atoms with E-state index in [9.17, 15) is 14.3 Å². The summed E-state index contributed by atoms with van der Waals surface area (Å²) in [6, 6.07) is 1.37. The number of nitrogens with one attached hydrogen (secondary N) is 1. The Morgan fingerprint density at radius 3 is 3.16 bits per heavy atom. The number of likely N-dealkylation sites (tertiary alicyclic amines) is 1. The number of nitrogens with zero attached hydrogens (tertiary/aromatic N) is 2. The molecule has 1 atom stereocenters. The number of piperidine rings is 1. The van der Waals surface area contributed by atoms with E-state index in [2.05, 4.69) is 10.3 Å². The van der Waals surface area contributed by atoms with Gasteiger partial charge in [0.05, 0.1) is 11.7 Å². The highest BCUT2D eigenvalue weighted by Crippen LogP contribution is 2.19. The number of carbonyl (C=O) groups is 1. The molecule has 104 valence electrons. The maximum Gasteiger partial charge on any atom is 0.257 e. The fraction of sp³-hybridized carbons (Fsp3) is 0.538. The molecule has 0 radical (unpaired) electrons. The van der Waals surface area contributed by atoms with Crippen LogP contribution in [-0.2, 0) is 0 Å². The average molecular weight is 267 g/mol. The number of halogens is 1. The zero-order valence-corrected chi connectivity index (χ0v) is 10.9. The lowest BCUT2D eigenvalue weighted by Crippen LogP contribution is -2.42. The van der Waals surface area contributed by atoms with Crippen molar-refractivity contribution in [1.82, 2.24) is 9.88 Å². The van der Waals surface area contributed by atoms with E-state index in [1.54, 1.807) is 0 Å². The number of amides is 1. The Hall–Kier alpha value is -1.69. The monoisotopic (exact) mass is 267 g/mol. The summed E-state index contributed by atoms with van der Waals surface area (Å²) in [5.74, 6) is -0.932. The topological polar surface area (TPSA) is 65.5 Å². The molecule has 1 aromatic heterocycles. The van der Waals surface area contributed by atoms with Gasteiger partial charge >= 0.3 is 0 Å². The molecule has 2 N–H and O–H groups in total. The van der Waals surface area contributed by atoms with Crippen molar-refractivity contribution in [2.24, 2.45) is 0 Å². The zero-order chi connectivity index (χ0) is 13.8. The normalized spacial score (nSPS) is 19.3. The number of carbonyl (C=O) groups excluding carboxylic acids is 1. The van der Waals surface area contributed by atoms with Gasteiger partial charge in [0.25, 0.3) is 5.91 Å². The summed E-state index contributed by atoms with van der Waals surface area (Å²) in [5, 5.41) is 12.3. The molecule has 1 aliphatic rings. The summed E-state index contributed by atoms with van der Waals surface area (Å²) < 4.78 is 14.1. The third-order valence-corrected chi connectivity index (χ3v) is 3.15. The third kappa shape index (κ3) is 3.01. The first-order valence-corrected chi connectivity index (χ1v) is 6.49. The van der Waals surface area contributed by atoms with Crippen LogP contribution in [0.3, 0.4) is 0 Å². The number of aliphatic hydroxyl groups is 1. The number of β-amino-alcohol motifs (C(OH)–C–C–N with tert-alkyl or cyclic N) is 1. The van der Waals surface area contributed by atoms with Gasteiger partial charge in [0.15, 0.2) is 11.6 Å². The van der Waals surface area contributed by atoms with Gasteiger partial charge in [-0.15, -0.1) is 0 Å². The van der Waals surface area contributed by atoms with E-state index in [1.165, 1.54) is 17.2 Å². The Labute approximate surface area is 111 Å². The van der Waals surface area contributed by atoms with Crippen LogP contribution in [0.2, 0.25) is 0 Å². The van der Waals surface area contributed by atoms with Crippen LogP contribution in [0.25, 0.3) is 0 Å². The summed E-state index contributed by atoms with van der Waals surface area (Å²) in [6.07, 6.45) is 2.32. The summed E-state index contributed by atoms with van der Waals surface area (Å²) in [6.45, 7) is 3.17. The lowest BCUT2D eigenvalue weighted by molar-refractivity contribution is 0.0470. The number of hydrogen-bond donors (Lipinski definition) is 2. The van der Waals surface area contributed by atoms with Gasteiger partial charge < -0.3 is 15.3 Å².